The first-order chi connectivity index (χ1) is 15.4. The lowest BCUT2D eigenvalue weighted by molar-refractivity contribution is -0.384. The molecule has 0 unspecified atom stereocenters. The first-order valence-electron chi connectivity index (χ1n) is 9.54. The molecular weight excluding hydrogens is 420 g/mol. The molecule has 1 heterocycles. The van der Waals surface area contributed by atoms with Gasteiger partial charge >= 0.3 is 5.56 Å². The highest BCUT2D eigenvalue weighted by Crippen LogP contribution is 2.21. The highest BCUT2D eigenvalue weighted by atomic mass is 16.6. The molecule has 11 nitrogen and oxygen atoms in total. The van der Waals surface area contributed by atoms with Crippen molar-refractivity contribution in [2.45, 2.75) is 13.5 Å². The van der Waals surface area contributed by atoms with E-state index in [9.17, 15) is 24.5 Å². The number of ether oxygens (including phenoxy) is 2. The highest BCUT2D eigenvalue weighted by Gasteiger charge is 2.25. The number of nitro groups is 1. The maximum absolute atomic E-state index is 12.8. The van der Waals surface area contributed by atoms with Gasteiger partial charge in [0.2, 0.25) is 5.88 Å². The summed E-state index contributed by atoms with van der Waals surface area (Å²) in [6.07, 6.45) is 0. The summed E-state index contributed by atoms with van der Waals surface area (Å²) in [5.74, 6) is -0.450. The van der Waals surface area contributed by atoms with Gasteiger partial charge in [-0.3, -0.25) is 29.6 Å². The minimum Gasteiger partial charge on any atom is -0.497 e. The number of para-hydroxylation sites is 2. The predicted octanol–water partition coefficient (Wildman–Crippen LogP) is 1.77. The Bertz CT molecular complexity index is 1260. The van der Waals surface area contributed by atoms with E-state index in [1.807, 2.05) is 0 Å². The first-order valence-corrected chi connectivity index (χ1v) is 9.54. The van der Waals surface area contributed by atoms with E-state index in [0.717, 1.165) is 5.56 Å². The molecule has 0 atom stereocenters. The summed E-state index contributed by atoms with van der Waals surface area (Å²) in [5.41, 5.74) is -2.65. The van der Waals surface area contributed by atoms with Crippen molar-refractivity contribution in [1.82, 2.24) is 15.1 Å². The Labute approximate surface area is 181 Å². The van der Waals surface area contributed by atoms with Gasteiger partial charge in [0.15, 0.2) is 5.56 Å². The SMILES string of the molecule is CCOc1[nH]n(-c2ccccc2[N+](=O)[O-])c(=O)c(=O)c1C(=O)NCc1ccc(OC)cc1. The molecule has 0 saturated carbocycles. The minimum atomic E-state index is -1.16. The molecule has 2 aromatic carbocycles. The minimum absolute atomic E-state index is 0.0732. The average Bonchev–Trinajstić information content (AvgIpc) is 2.80. The van der Waals surface area contributed by atoms with Gasteiger partial charge in [-0.2, -0.15) is 0 Å². The van der Waals surface area contributed by atoms with Crippen LogP contribution in [-0.2, 0) is 6.54 Å². The van der Waals surface area contributed by atoms with E-state index in [0.29, 0.717) is 10.4 Å². The Morgan fingerprint density at radius 2 is 1.84 bits per heavy atom. The molecule has 0 aliphatic heterocycles. The number of nitrogens with zero attached hydrogens (tertiary/aromatic N) is 2. The smallest absolute Gasteiger partial charge is 0.318 e. The van der Waals surface area contributed by atoms with Crippen molar-refractivity contribution < 1.29 is 19.2 Å². The zero-order valence-corrected chi connectivity index (χ0v) is 17.3. The lowest BCUT2D eigenvalue weighted by atomic mass is 10.2. The number of benzene rings is 2. The number of rotatable bonds is 8. The van der Waals surface area contributed by atoms with Crippen molar-refractivity contribution in [1.29, 1.82) is 0 Å². The largest absolute Gasteiger partial charge is 0.497 e. The Hall–Kier alpha value is -4.41. The Morgan fingerprint density at radius 1 is 1.16 bits per heavy atom. The number of nitro benzene ring substituents is 1. The van der Waals surface area contributed by atoms with Gasteiger partial charge in [0, 0.05) is 12.6 Å². The number of aromatic nitrogens is 2. The number of nitrogens with one attached hydrogen (secondary N) is 2. The van der Waals surface area contributed by atoms with E-state index < -0.39 is 33.1 Å². The van der Waals surface area contributed by atoms with Gasteiger partial charge in [0.05, 0.1) is 18.6 Å². The van der Waals surface area contributed by atoms with E-state index in [-0.39, 0.29) is 24.7 Å². The molecule has 0 fully saturated rings. The van der Waals surface area contributed by atoms with Crippen LogP contribution in [-0.4, -0.2) is 34.3 Å². The fourth-order valence-corrected chi connectivity index (χ4v) is 2.97. The highest BCUT2D eigenvalue weighted by molar-refractivity contribution is 5.96. The summed E-state index contributed by atoms with van der Waals surface area (Å²) in [5, 5.41) is 16.4. The summed E-state index contributed by atoms with van der Waals surface area (Å²) >= 11 is 0. The first kappa shape index (κ1) is 22.3. The van der Waals surface area contributed by atoms with Crippen LogP contribution in [0, 0.1) is 10.1 Å². The Balaban J connectivity index is 2.00. The number of aromatic amines is 1. The van der Waals surface area contributed by atoms with E-state index >= 15 is 0 Å². The summed E-state index contributed by atoms with van der Waals surface area (Å²) in [4.78, 5) is 48.9. The third-order valence-corrected chi connectivity index (χ3v) is 4.51. The molecule has 0 radical (unpaired) electrons. The molecule has 32 heavy (non-hydrogen) atoms. The fourth-order valence-electron chi connectivity index (χ4n) is 2.97. The monoisotopic (exact) mass is 440 g/mol. The van der Waals surface area contributed by atoms with Crippen LogP contribution in [0.4, 0.5) is 5.69 Å². The van der Waals surface area contributed by atoms with Gasteiger partial charge in [0.25, 0.3) is 17.0 Å². The topological polar surface area (TPSA) is 146 Å². The second kappa shape index (κ2) is 9.60. The van der Waals surface area contributed by atoms with Crippen molar-refractivity contribution in [3.8, 4) is 17.3 Å². The zero-order chi connectivity index (χ0) is 23.3. The zero-order valence-electron chi connectivity index (χ0n) is 17.3. The van der Waals surface area contributed by atoms with Crippen LogP contribution in [0.2, 0.25) is 0 Å². The van der Waals surface area contributed by atoms with E-state index in [1.165, 1.54) is 31.4 Å². The quantitative estimate of drug-likeness (QED) is 0.308. The summed E-state index contributed by atoms with van der Waals surface area (Å²) in [6, 6.07) is 12.3. The van der Waals surface area contributed by atoms with Gasteiger partial charge in [-0.05, 0) is 30.7 Å². The van der Waals surface area contributed by atoms with Crippen LogP contribution in [0.15, 0.2) is 58.1 Å². The van der Waals surface area contributed by atoms with Crippen LogP contribution >= 0.6 is 0 Å². The molecule has 11 heteroatoms. The second-order valence-electron chi connectivity index (χ2n) is 6.50. The average molecular weight is 440 g/mol. The predicted molar refractivity (Wildman–Crippen MR) is 115 cm³/mol. The molecule has 1 aromatic heterocycles. The van der Waals surface area contributed by atoms with E-state index in [4.69, 9.17) is 9.47 Å². The molecule has 166 valence electrons. The van der Waals surface area contributed by atoms with Gasteiger partial charge in [0.1, 0.15) is 11.4 Å². The number of hydrogen-bond donors (Lipinski definition) is 2. The second-order valence-corrected chi connectivity index (χ2v) is 6.50. The lowest BCUT2D eigenvalue weighted by Crippen LogP contribution is -2.42. The molecule has 2 N–H and O–H groups in total. The van der Waals surface area contributed by atoms with Crippen molar-refractivity contribution in [3.63, 3.8) is 0 Å². The number of carbonyl (C=O) groups excluding carboxylic acids is 1. The number of carbonyl (C=O) groups is 1. The van der Waals surface area contributed by atoms with E-state index in [1.54, 1.807) is 31.2 Å². The van der Waals surface area contributed by atoms with Crippen LogP contribution in [0.3, 0.4) is 0 Å². The Kier molecular flexibility index (Phi) is 6.68. The van der Waals surface area contributed by atoms with Crippen molar-refractivity contribution in [2.24, 2.45) is 0 Å². The molecular formula is C21H20N4O7. The number of amides is 1. The van der Waals surface area contributed by atoms with Crippen LogP contribution in [0.1, 0.15) is 22.8 Å². The van der Waals surface area contributed by atoms with Gasteiger partial charge in [-0.25, -0.2) is 4.68 Å². The number of methoxy groups -OCH3 is 1. The molecule has 0 bridgehead atoms. The third kappa shape index (κ3) is 4.51. The molecule has 0 aliphatic carbocycles. The number of H-pyrrole nitrogens is 1. The van der Waals surface area contributed by atoms with Crippen molar-refractivity contribution in [3.05, 3.63) is 90.3 Å². The maximum atomic E-state index is 12.8. The van der Waals surface area contributed by atoms with Gasteiger partial charge in [-0.1, -0.05) is 24.3 Å². The van der Waals surface area contributed by atoms with Crippen LogP contribution in [0.25, 0.3) is 5.69 Å². The summed E-state index contributed by atoms with van der Waals surface area (Å²) < 4.78 is 11.2. The molecule has 0 aliphatic rings. The fraction of sp³-hybridized carbons (Fsp3) is 0.190. The Morgan fingerprint density at radius 3 is 2.47 bits per heavy atom. The lowest BCUT2D eigenvalue weighted by Gasteiger charge is -2.13. The molecule has 0 spiro atoms. The third-order valence-electron chi connectivity index (χ3n) is 4.51. The van der Waals surface area contributed by atoms with Crippen LogP contribution in [0.5, 0.6) is 11.6 Å². The van der Waals surface area contributed by atoms with Crippen LogP contribution < -0.4 is 25.8 Å². The molecule has 1 amide bonds. The maximum Gasteiger partial charge on any atom is 0.318 e. The van der Waals surface area contributed by atoms with E-state index in [2.05, 4.69) is 10.4 Å². The molecule has 0 saturated heterocycles. The molecule has 3 aromatic rings. The standard InChI is InChI=1S/C21H20N4O7/c1-3-32-20-17(19(27)22-12-13-8-10-14(31-2)11-9-13)18(26)21(28)24(23-20)15-6-4-5-7-16(15)25(29)30/h4-11,23H,3,12H2,1-2H3,(H,22,27). The molecule has 3 rings (SSSR count). The van der Waals surface area contributed by atoms with Crippen molar-refractivity contribution in [2.75, 3.05) is 13.7 Å². The normalized spacial score (nSPS) is 10.4. The summed E-state index contributed by atoms with van der Waals surface area (Å²) in [7, 11) is 1.53. The number of hydrogen-bond acceptors (Lipinski definition) is 7. The summed E-state index contributed by atoms with van der Waals surface area (Å²) in [6.45, 7) is 1.78. The van der Waals surface area contributed by atoms with Gasteiger partial charge in [-0.15, -0.1) is 0 Å². The van der Waals surface area contributed by atoms with Gasteiger partial charge < -0.3 is 14.8 Å². The van der Waals surface area contributed by atoms with Crippen molar-refractivity contribution >= 4 is 11.6 Å².